The second-order valence-electron chi connectivity index (χ2n) is 6.76. The van der Waals surface area contributed by atoms with Crippen molar-refractivity contribution in [2.45, 2.75) is 12.6 Å². The fourth-order valence-electron chi connectivity index (χ4n) is 3.58. The number of aromatic nitrogens is 3. The van der Waals surface area contributed by atoms with E-state index < -0.39 is 0 Å². The molecule has 0 radical (unpaired) electrons. The first-order chi connectivity index (χ1) is 13.4. The van der Waals surface area contributed by atoms with Gasteiger partial charge in [-0.3, -0.25) is 4.90 Å². The van der Waals surface area contributed by atoms with Crippen molar-refractivity contribution in [3.8, 4) is 11.1 Å². The van der Waals surface area contributed by atoms with Crippen LogP contribution in [0.3, 0.4) is 0 Å². The first-order valence-corrected chi connectivity index (χ1v) is 10.0. The first kappa shape index (κ1) is 16.6. The van der Waals surface area contributed by atoms with Crippen molar-refractivity contribution in [2.75, 3.05) is 19.7 Å². The van der Waals surface area contributed by atoms with Crippen molar-refractivity contribution in [2.24, 2.45) is 0 Å². The lowest BCUT2D eigenvalue weighted by Crippen LogP contribution is -2.37. The maximum atomic E-state index is 6.04. The SMILES string of the molecule is c1ccc(-c2ccc3c(C4CN(Cc5cccs5)CCO4)nnn3c2)cc1. The molecule has 0 saturated carbocycles. The van der Waals surface area contributed by atoms with Crippen molar-refractivity contribution in [1.82, 2.24) is 19.7 Å². The van der Waals surface area contributed by atoms with Gasteiger partial charge in [-0.1, -0.05) is 47.7 Å². The van der Waals surface area contributed by atoms with Crippen LogP contribution < -0.4 is 0 Å². The van der Waals surface area contributed by atoms with E-state index in [9.17, 15) is 0 Å². The average molecular weight is 376 g/mol. The Hall–Kier alpha value is -2.54. The van der Waals surface area contributed by atoms with Gasteiger partial charge in [0.15, 0.2) is 0 Å². The number of thiophene rings is 1. The molecule has 27 heavy (non-hydrogen) atoms. The monoisotopic (exact) mass is 376 g/mol. The lowest BCUT2D eigenvalue weighted by molar-refractivity contribution is -0.0340. The molecule has 1 saturated heterocycles. The van der Waals surface area contributed by atoms with Gasteiger partial charge in [-0.2, -0.15) is 0 Å². The Morgan fingerprint density at radius 3 is 2.81 bits per heavy atom. The molecular weight excluding hydrogens is 356 g/mol. The van der Waals surface area contributed by atoms with Crippen molar-refractivity contribution in [1.29, 1.82) is 0 Å². The van der Waals surface area contributed by atoms with Gasteiger partial charge in [0.2, 0.25) is 0 Å². The largest absolute Gasteiger partial charge is 0.369 e. The summed E-state index contributed by atoms with van der Waals surface area (Å²) in [4.78, 5) is 3.82. The second-order valence-corrected chi connectivity index (χ2v) is 7.79. The van der Waals surface area contributed by atoms with Gasteiger partial charge in [-0.05, 0) is 23.1 Å². The zero-order valence-corrected chi connectivity index (χ0v) is 15.7. The van der Waals surface area contributed by atoms with Crippen LogP contribution in [0.15, 0.2) is 66.2 Å². The van der Waals surface area contributed by atoms with Crippen LogP contribution >= 0.6 is 11.3 Å². The summed E-state index contributed by atoms with van der Waals surface area (Å²) < 4.78 is 7.90. The van der Waals surface area contributed by atoms with Crippen LogP contribution in [0.2, 0.25) is 0 Å². The van der Waals surface area contributed by atoms with Gasteiger partial charge in [-0.25, -0.2) is 4.52 Å². The van der Waals surface area contributed by atoms with E-state index in [2.05, 4.69) is 57.0 Å². The standard InChI is InChI=1S/C21H20N4OS/c1-2-5-16(6-3-1)17-8-9-19-21(22-23-25(19)13-17)20-15-24(10-11-26-20)14-18-7-4-12-27-18/h1-9,12-13,20H,10-11,14-15H2. The Labute approximate surface area is 161 Å². The second kappa shape index (κ2) is 7.23. The number of fused-ring (bicyclic) bond motifs is 1. The number of benzene rings is 1. The third-order valence-electron chi connectivity index (χ3n) is 4.96. The van der Waals surface area contributed by atoms with Crippen LogP contribution in [0, 0.1) is 0 Å². The molecule has 5 rings (SSSR count). The van der Waals surface area contributed by atoms with Crippen LogP contribution in [0.25, 0.3) is 16.6 Å². The molecule has 4 heterocycles. The first-order valence-electron chi connectivity index (χ1n) is 9.13. The van der Waals surface area contributed by atoms with Crippen LogP contribution in [-0.4, -0.2) is 39.4 Å². The number of morpholine rings is 1. The maximum Gasteiger partial charge on any atom is 0.121 e. The molecule has 0 N–H and O–H groups in total. The smallest absolute Gasteiger partial charge is 0.121 e. The summed E-state index contributed by atoms with van der Waals surface area (Å²) in [6, 6.07) is 18.8. The van der Waals surface area contributed by atoms with Crippen molar-refractivity contribution < 1.29 is 4.74 Å². The fraction of sp³-hybridized carbons (Fsp3) is 0.238. The number of hydrogen-bond donors (Lipinski definition) is 0. The normalized spacial score (nSPS) is 18.1. The van der Waals surface area contributed by atoms with Gasteiger partial charge < -0.3 is 4.74 Å². The minimum absolute atomic E-state index is 0.0428. The molecule has 0 bridgehead atoms. The Bertz CT molecular complexity index is 1030. The lowest BCUT2D eigenvalue weighted by atomic mass is 10.1. The van der Waals surface area contributed by atoms with Crippen molar-refractivity contribution in [3.63, 3.8) is 0 Å². The van der Waals surface area contributed by atoms with E-state index in [1.54, 1.807) is 11.3 Å². The maximum absolute atomic E-state index is 6.04. The highest BCUT2D eigenvalue weighted by Crippen LogP contribution is 2.27. The van der Waals surface area contributed by atoms with Gasteiger partial charge in [0.1, 0.15) is 11.8 Å². The zero-order valence-electron chi connectivity index (χ0n) is 14.9. The predicted octanol–water partition coefficient (Wildman–Crippen LogP) is 4.03. The summed E-state index contributed by atoms with van der Waals surface area (Å²) in [5.41, 5.74) is 4.24. The molecule has 3 aromatic heterocycles. The van der Waals surface area contributed by atoms with E-state index in [1.165, 1.54) is 10.4 Å². The molecule has 136 valence electrons. The quantitative estimate of drug-likeness (QED) is 0.539. The van der Waals surface area contributed by atoms with Gasteiger partial charge in [-0.15, -0.1) is 16.4 Å². The van der Waals surface area contributed by atoms with E-state index in [-0.39, 0.29) is 6.10 Å². The molecule has 0 aliphatic carbocycles. The Morgan fingerprint density at radius 1 is 1.04 bits per heavy atom. The van der Waals surface area contributed by atoms with Gasteiger partial charge in [0.25, 0.3) is 0 Å². The number of hydrogen-bond acceptors (Lipinski definition) is 5. The molecule has 0 spiro atoms. The van der Waals surface area contributed by atoms with Crippen molar-refractivity contribution in [3.05, 3.63) is 76.7 Å². The highest BCUT2D eigenvalue weighted by molar-refractivity contribution is 7.09. The Kier molecular flexibility index (Phi) is 4.45. The van der Waals surface area contributed by atoms with Gasteiger partial charge >= 0.3 is 0 Å². The number of nitrogens with zero attached hydrogens (tertiary/aromatic N) is 4. The minimum Gasteiger partial charge on any atom is -0.369 e. The summed E-state index contributed by atoms with van der Waals surface area (Å²) >= 11 is 1.80. The molecule has 1 fully saturated rings. The van der Waals surface area contributed by atoms with Gasteiger partial charge in [0.05, 0.1) is 12.1 Å². The average Bonchev–Trinajstić information content (AvgIpc) is 3.38. The van der Waals surface area contributed by atoms with E-state index in [0.717, 1.165) is 43.0 Å². The predicted molar refractivity (Wildman–Crippen MR) is 107 cm³/mol. The van der Waals surface area contributed by atoms with Crippen molar-refractivity contribution >= 4 is 16.9 Å². The summed E-state index contributed by atoms with van der Waals surface area (Å²) in [6.45, 7) is 3.48. The van der Waals surface area contributed by atoms with Gasteiger partial charge in [0, 0.05) is 36.3 Å². The molecule has 1 aliphatic rings. The van der Waals surface area contributed by atoms with E-state index in [4.69, 9.17) is 4.74 Å². The molecule has 1 aliphatic heterocycles. The number of ether oxygens (including phenoxy) is 1. The summed E-state index contributed by atoms with van der Waals surface area (Å²) in [5.74, 6) is 0. The van der Waals surface area contributed by atoms with Crippen LogP contribution in [-0.2, 0) is 11.3 Å². The number of pyridine rings is 1. The van der Waals surface area contributed by atoms with E-state index in [1.807, 2.05) is 28.9 Å². The summed E-state index contributed by atoms with van der Waals surface area (Å²) in [5, 5.41) is 10.9. The zero-order chi connectivity index (χ0) is 18.1. The highest BCUT2D eigenvalue weighted by atomic mass is 32.1. The van der Waals surface area contributed by atoms with E-state index >= 15 is 0 Å². The third-order valence-corrected chi connectivity index (χ3v) is 5.82. The molecule has 6 heteroatoms. The summed E-state index contributed by atoms with van der Waals surface area (Å²) in [7, 11) is 0. The summed E-state index contributed by atoms with van der Waals surface area (Å²) in [6.07, 6.45) is 1.99. The molecule has 1 aromatic carbocycles. The molecule has 0 amide bonds. The Morgan fingerprint density at radius 2 is 1.96 bits per heavy atom. The molecule has 4 aromatic rings. The topological polar surface area (TPSA) is 42.7 Å². The number of rotatable bonds is 4. The molecule has 1 unspecified atom stereocenters. The third kappa shape index (κ3) is 3.39. The Balaban J connectivity index is 1.39. The molecule has 5 nitrogen and oxygen atoms in total. The lowest BCUT2D eigenvalue weighted by Gasteiger charge is -2.31. The van der Waals surface area contributed by atoms with E-state index in [0.29, 0.717) is 0 Å². The molecule has 1 atom stereocenters. The van der Waals surface area contributed by atoms with Crippen LogP contribution in [0.4, 0.5) is 0 Å². The molecular formula is C21H20N4OS. The highest BCUT2D eigenvalue weighted by Gasteiger charge is 2.26. The fourth-order valence-corrected chi connectivity index (χ4v) is 4.33. The van der Waals surface area contributed by atoms with Crippen LogP contribution in [0.1, 0.15) is 16.7 Å². The van der Waals surface area contributed by atoms with Crippen LogP contribution in [0.5, 0.6) is 0 Å². The minimum atomic E-state index is -0.0428.